The molecular weight excluding hydrogens is 399 g/mol. The van der Waals surface area contributed by atoms with Crippen LogP contribution < -0.4 is 0 Å². The molecule has 1 aliphatic carbocycles. The molecule has 8 heteroatoms. The van der Waals surface area contributed by atoms with Crippen molar-refractivity contribution in [1.82, 2.24) is 19.9 Å². The van der Waals surface area contributed by atoms with Crippen LogP contribution in [0.1, 0.15) is 17.8 Å². The number of methoxy groups -OCH3 is 1. The number of aromatic nitrogens is 4. The summed E-state index contributed by atoms with van der Waals surface area (Å²) >= 11 is 0. The largest absolute Gasteiger partial charge is 0.506 e. The summed E-state index contributed by atoms with van der Waals surface area (Å²) in [4.78, 5) is 14.9. The van der Waals surface area contributed by atoms with Gasteiger partial charge in [0.15, 0.2) is 0 Å². The van der Waals surface area contributed by atoms with Gasteiger partial charge >= 0.3 is 0 Å². The lowest BCUT2D eigenvalue weighted by Gasteiger charge is -2.24. The van der Waals surface area contributed by atoms with Gasteiger partial charge in [-0.05, 0) is 35.8 Å². The summed E-state index contributed by atoms with van der Waals surface area (Å²) in [5.74, 6) is 0.832. The monoisotopic (exact) mass is 420 g/mol. The second kappa shape index (κ2) is 7.88. The summed E-state index contributed by atoms with van der Waals surface area (Å²) in [6.45, 7) is 0.191. The van der Waals surface area contributed by atoms with Crippen molar-refractivity contribution < 1.29 is 19.0 Å². The van der Waals surface area contributed by atoms with Crippen molar-refractivity contribution in [3.63, 3.8) is 0 Å². The standard InChI is InChI=1S/C23H21FN4O3/c1-30-20-7-13(6-14-10-25-23-16(14)8-15(29)11-26-23)17(24)9-21(20)31-12-22-27-18-4-2-3-5-19(18)28-22/h2-5,8-11,20,29H,6-7,12H2,1H3,(H,25,26)(H,27,28). The van der Waals surface area contributed by atoms with Crippen molar-refractivity contribution in [2.75, 3.05) is 7.11 Å². The minimum Gasteiger partial charge on any atom is -0.506 e. The Morgan fingerprint density at radius 1 is 1.29 bits per heavy atom. The van der Waals surface area contributed by atoms with Crippen LogP contribution in [0.2, 0.25) is 0 Å². The Labute approximate surface area is 177 Å². The minimum absolute atomic E-state index is 0.0717. The van der Waals surface area contributed by atoms with Gasteiger partial charge in [0.05, 0.1) is 17.2 Å². The Balaban J connectivity index is 1.36. The molecule has 0 aliphatic heterocycles. The molecule has 0 radical (unpaired) electrons. The third-order valence-corrected chi connectivity index (χ3v) is 5.46. The van der Waals surface area contributed by atoms with E-state index in [1.54, 1.807) is 19.4 Å². The van der Waals surface area contributed by atoms with Gasteiger partial charge in [-0.15, -0.1) is 0 Å². The van der Waals surface area contributed by atoms with E-state index in [1.165, 1.54) is 12.3 Å². The molecule has 1 atom stereocenters. The molecule has 5 rings (SSSR count). The predicted molar refractivity (Wildman–Crippen MR) is 114 cm³/mol. The van der Waals surface area contributed by atoms with Gasteiger partial charge in [0, 0.05) is 31.2 Å². The topological polar surface area (TPSA) is 96.1 Å². The number of rotatable bonds is 6. The van der Waals surface area contributed by atoms with Crippen molar-refractivity contribution >= 4 is 22.1 Å². The molecule has 7 nitrogen and oxygen atoms in total. The summed E-state index contributed by atoms with van der Waals surface area (Å²) in [5, 5.41) is 10.5. The second-order valence-electron chi connectivity index (χ2n) is 7.50. The van der Waals surface area contributed by atoms with Crippen LogP contribution in [0, 0.1) is 0 Å². The van der Waals surface area contributed by atoms with Crippen LogP contribution in [0.25, 0.3) is 22.1 Å². The zero-order valence-electron chi connectivity index (χ0n) is 16.9. The van der Waals surface area contributed by atoms with Crippen molar-refractivity contribution in [1.29, 1.82) is 0 Å². The molecule has 0 spiro atoms. The summed E-state index contributed by atoms with van der Waals surface area (Å²) in [5.41, 5.74) is 3.90. The predicted octanol–water partition coefficient (Wildman–Crippen LogP) is 4.43. The summed E-state index contributed by atoms with van der Waals surface area (Å²) in [7, 11) is 1.58. The van der Waals surface area contributed by atoms with Gasteiger partial charge in [0.2, 0.25) is 0 Å². The zero-order chi connectivity index (χ0) is 21.4. The molecule has 158 valence electrons. The fourth-order valence-corrected chi connectivity index (χ4v) is 3.88. The summed E-state index contributed by atoms with van der Waals surface area (Å²) in [6.07, 6.45) is 4.91. The van der Waals surface area contributed by atoms with E-state index in [-0.39, 0.29) is 18.2 Å². The number of H-pyrrole nitrogens is 2. The highest BCUT2D eigenvalue weighted by atomic mass is 19.1. The molecule has 0 fully saturated rings. The van der Waals surface area contributed by atoms with E-state index >= 15 is 0 Å². The molecule has 3 aromatic heterocycles. The maximum atomic E-state index is 14.9. The van der Waals surface area contributed by atoms with Crippen LogP contribution in [-0.2, 0) is 22.5 Å². The maximum Gasteiger partial charge on any atom is 0.145 e. The van der Waals surface area contributed by atoms with Crippen LogP contribution in [0.4, 0.5) is 4.39 Å². The van der Waals surface area contributed by atoms with Gasteiger partial charge in [0.25, 0.3) is 0 Å². The van der Waals surface area contributed by atoms with Gasteiger partial charge in [-0.25, -0.2) is 14.4 Å². The first-order chi connectivity index (χ1) is 15.1. The average Bonchev–Trinajstić information content (AvgIpc) is 3.37. The highest BCUT2D eigenvalue weighted by Crippen LogP contribution is 2.32. The Morgan fingerprint density at radius 2 is 2.16 bits per heavy atom. The molecular formula is C23H21FN4O3. The van der Waals surface area contributed by atoms with E-state index in [4.69, 9.17) is 9.47 Å². The minimum atomic E-state index is -0.393. The van der Waals surface area contributed by atoms with E-state index in [2.05, 4.69) is 19.9 Å². The number of hydrogen-bond acceptors (Lipinski definition) is 5. The van der Waals surface area contributed by atoms with E-state index in [0.29, 0.717) is 35.6 Å². The van der Waals surface area contributed by atoms with Gasteiger partial charge in [-0.3, -0.25) is 0 Å². The van der Waals surface area contributed by atoms with Gasteiger partial charge < -0.3 is 24.5 Å². The normalized spacial score (nSPS) is 16.8. The first-order valence-corrected chi connectivity index (χ1v) is 9.94. The lowest BCUT2D eigenvalue weighted by atomic mass is 9.94. The number of nitrogens with zero attached hydrogens (tertiary/aromatic N) is 2. The molecule has 1 unspecified atom stereocenters. The maximum absolute atomic E-state index is 14.9. The van der Waals surface area contributed by atoms with Crippen molar-refractivity contribution in [3.8, 4) is 5.75 Å². The van der Waals surface area contributed by atoms with E-state index < -0.39 is 6.10 Å². The third-order valence-electron chi connectivity index (χ3n) is 5.46. The Morgan fingerprint density at radius 3 is 3.00 bits per heavy atom. The fraction of sp³-hybridized carbons (Fsp3) is 0.217. The molecule has 3 N–H and O–H groups in total. The summed E-state index contributed by atoms with van der Waals surface area (Å²) in [6, 6.07) is 9.34. The Kier molecular flexibility index (Phi) is 4.91. The zero-order valence-corrected chi connectivity index (χ0v) is 16.9. The number of aromatic amines is 2. The Hall–Kier alpha value is -3.65. The number of allylic oxidation sites excluding steroid dienone is 2. The van der Waals surface area contributed by atoms with E-state index in [9.17, 15) is 9.50 Å². The van der Waals surface area contributed by atoms with E-state index in [1.807, 2.05) is 24.3 Å². The van der Waals surface area contributed by atoms with Crippen molar-refractivity contribution in [2.24, 2.45) is 0 Å². The van der Waals surface area contributed by atoms with Crippen LogP contribution >= 0.6 is 0 Å². The quantitative estimate of drug-likeness (QED) is 0.429. The number of hydrogen-bond donors (Lipinski definition) is 3. The number of imidazole rings is 1. The van der Waals surface area contributed by atoms with Crippen molar-refractivity contribution in [3.05, 3.63) is 77.3 Å². The molecule has 1 aromatic carbocycles. The van der Waals surface area contributed by atoms with Crippen LogP contribution in [0.15, 0.2) is 66.0 Å². The van der Waals surface area contributed by atoms with Crippen LogP contribution in [0.5, 0.6) is 5.75 Å². The average molecular weight is 420 g/mol. The van der Waals surface area contributed by atoms with Crippen molar-refractivity contribution in [2.45, 2.75) is 25.6 Å². The molecule has 4 aromatic rings. The SMILES string of the molecule is COC1CC(Cc2c[nH]c3ncc(O)cc23)=C(F)C=C1OCc1nc2ccccc2[nH]1. The number of para-hydroxylation sites is 2. The molecule has 0 bridgehead atoms. The fourth-order valence-electron chi connectivity index (χ4n) is 3.88. The van der Waals surface area contributed by atoms with Gasteiger partial charge in [-0.1, -0.05) is 12.1 Å². The second-order valence-corrected chi connectivity index (χ2v) is 7.50. The Bertz CT molecular complexity index is 1290. The van der Waals surface area contributed by atoms with E-state index in [0.717, 1.165) is 22.0 Å². The summed E-state index contributed by atoms with van der Waals surface area (Å²) < 4.78 is 26.4. The number of halogens is 1. The number of pyridine rings is 1. The smallest absolute Gasteiger partial charge is 0.145 e. The van der Waals surface area contributed by atoms with Crippen LogP contribution in [0.3, 0.4) is 0 Å². The highest BCUT2D eigenvalue weighted by Gasteiger charge is 2.26. The molecule has 3 heterocycles. The highest BCUT2D eigenvalue weighted by molar-refractivity contribution is 5.81. The molecule has 0 saturated heterocycles. The lowest BCUT2D eigenvalue weighted by Crippen LogP contribution is -2.21. The molecule has 1 aliphatic rings. The van der Waals surface area contributed by atoms with Gasteiger partial charge in [-0.2, -0.15) is 0 Å². The number of benzene rings is 1. The van der Waals surface area contributed by atoms with Gasteiger partial charge in [0.1, 0.15) is 41.5 Å². The lowest BCUT2D eigenvalue weighted by molar-refractivity contribution is 0.0531. The number of aromatic hydroxyl groups is 1. The first kappa shape index (κ1) is 19.3. The number of nitrogens with one attached hydrogen (secondary N) is 2. The molecule has 0 saturated carbocycles. The molecule has 31 heavy (non-hydrogen) atoms. The third kappa shape index (κ3) is 3.77. The number of fused-ring (bicyclic) bond motifs is 2. The first-order valence-electron chi connectivity index (χ1n) is 9.94. The van der Waals surface area contributed by atoms with Crippen LogP contribution in [-0.4, -0.2) is 38.3 Å². The molecule has 0 amide bonds. The number of ether oxygens (including phenoxy) is 2.